The molecule has 28 heavy (non-hydrogen) atoms. The molecule has 0 amide bonds. The van der Waals surface area contributed by atoms with Gasteiger partial charge in [0, 0.05) is 17.7 Å². The molecular formula is C21H18FN5O. The molecule has 0 spiro atoms. The van der Waals surface area contributed by atoms with Gasteiger partial charge in [-0.05, 0) is 49.2 Å². The lowest BCUT2D eigenvalue weighted by molar-refractivity contribution is 0.418. The van der Waals surface area contributed by atoms with Gasteiger partial charge in [0.05, 0.1) is 23.0 Å². The number of allylic oxidation sites excluding steroid dienone is 2. The molecule has 0 saturated heterocycles. The van der Waals surface area contributed by atoms with Gasteiger partial charge >= 0.3 is 0 Å². The number of aliphatic hydroxyl groups is 1. The molecule has 6 nitrogen and oxygen atoms in total. The second-order valence-corrected chi connectivity index (χ2v) is 6.66. The number of aliphatic hydroxyl groups excluding tert-OH is 1. The molecule has 0 aliphatic carbocycles. The molecule has 4 aromatic rings. The van der Waals surface area contributed by atoms with Crippen molar-refractivity contribution >= 4 is 28.0 Å². The highest BCUT2D eigenvalue weighted by Gasteiger charge is 2.14. The van der Waals surface area contributed by atoms with E-state index in [0.717, 1.165) is 22.5 Å². The molecule has 2 N–H and O–H groups in total. The van der Waals surface area contributed by atoms with Crippen molar-refractivity contribution < 1.29 is 9.50 Å². The smallest absolute Gasteiger partial charge is 0.179 e. The number of fused-ring (bicyclic) bond motifs is 3. The number of rotatable bonds is 4. The van der Waals surface area contributed by atoms with E-state index >= 15 is 0 Å². The molecule has 0 saturated carbocycles. The lowest BCUT2D eigenvalue weighted by Crippen LogP contribution is -2.02. The fourth-order valence-corrected chi connectivity index (χ4v) is 3.37. The maximum absolute atomic E-state index is 13.2. The predicted molar refractivity (Wildman–Crippen MR) is 106 cm³/mol. The van der Waals surface area contributed by atoms with Crippen LogP contribution < -0.4 is 0 Å². The summed E-state index contributed by atoms with van der Waals surface area (Å²) in [6.07, 6.45) is 2.14. The summed E-state index contributed by atoms with van der Waals surface area (Å²) in [5, 5.41) is 26.3. The minimum atomic E-state index is -0.276. The Kier molecular flexibility index (Phi) is 4.35. The number of halogens is 1. The summed E-state index contributed by atoms with van der Waals surface area (Å²) >= 11 is 0. The van der Waals surface area contributed by atoms with Crippen LogP contribution in [0.15, 0.2) is 54.4 Å². The van der Waals surface area contributed by atoms with Crippen LogP contribution in [0.5, 0.6) is 0 Å². The second-order valence-electron chi connectivity index (χ2n) is 6.66. The van der Waals surface area contributed by atoms with Gasteiger partial charge < -0.3 is 10.5 Å². The van der Waals surface area contributed by atoms with Gasteiger partial charge in [0.1, 0.15) is 11.6 Å². The van der Waals surface area contributed by atoms with Crippen LogP contribution in [0.1, 0.15) is 30.8 Å². The third-order valence-electron chi connectivity index (χ3n) is 4.59. The van der Waals surface area contributed by atoms with Crippen LogP contribution in [0, 0.1) is 11.2 Å². The monoisotopic (exact) mass is 375 g/mol. The molecule has 2 heterocycles. The summed E-state index contributed by atoms with van der Waals surface area (Å²) in [7, 11) is 0. The van der Waals surface area contributed by atoms with Crippen molar-refractivity contribution in [2.24, 2.45) is 0 Å². The maximum atomic E-state index is 13.2. The van der Waals surface area contributed by atoms with Gasteiger partial charge in [-0.25, -0.2) is 4.39 Å². The van der Waals surface area contributed by atoms with Crippen LogP contribution >= 0.6 is 0 Å². The third kappa shape index (κ3) is 3.11. The third-order valence-corrected chi connectivity index (χ3v) is 4.59. The molecule has 0 bridgehead atoms. The Morgan fingerprint density at radius 3 is 2.54 bits per heavy atom. The van der Waals surface area contributed by atoms with E-state index in [2.05, 4.69) is 15.2 Å². The first kappa shape index (κ1) is 17.8. The zero-order chi connectivity index (χ0) is 19.8. The van der Waals surface area contributed by atoms with E-state index in [1.165, 1.54) is 12.1 Å². The summed E-state index contributed by atoms with van der Waals surface area (Å²) in [5.74, 6) is 0.537. The molecule has 0 atom stereocenters. The number of hydrogen-bond donors (Lipinski definition) is 2. The van der Waals surface area contributed by atoms with Gasteiger partial charge in [0.15, 0.2) is 5.65 Å². The molecule has 0 aliphatic rings. The first-order valence-electron chi connectivity index (χ1n) is 8.77. The van der Waals surface area contributed by atoms with E-state index in [0.29, 0.717) is 23.2 Å². The Morgan fingerprint density at radius 2 is 1.86 bits per heavy atom. The van der Waals surface area contributed by atoms with E-state index < -0.39 is 0 Å². The van der Waals surface area contributed by atoms with Crippen LogP contribution in [-0.2, 0) is 6.42 Å². The van der Waals surface area contributed by atoms with Crippen molar-refractivity contribution in [1.29, 1.82) is 5.41 Å². The van der Waals surface area contributed by atoms with Crippen molar-refractivity contribution in [2.75, 3.05) is 0 Å². The molecule has 4 rings (SSSR count). The van der Waals surface area contributed by atoms with Crippen molar-refractivity contribution in [2.45, 2.75) is 20.3 Å². The topological polar surface area (TPSA) is 87.2 Å². The molecule has 0 radical (unpaired) electrons. The largest absolute Gasteiger partial charge is 0.512 e. The minimum Gasteiger partial charge on any atom is -0.512 e. The maximum Gasteiger partial charge on any atom is 0.179 e. The molecule has 2 aromatic heterocycles. The Labute approximate surface area is 160 Å². The average molecular weight is 375 g/mol. The molecule has 0 unspecified atom stereocenters. The van der Waals surface area contributed by atoms with E-state index in [1.807, 2.05) is 22.6 Å². The minimum absolute atomic E-state index is 0.0919. The Morgan fingerprint density at radius 1 is 1.11 bits per heavy atom. The first-order valence-corrected chi connectivity index (χ1v) is 8.77. The standard InChI is InChI=1S/C21H18FN5O/c1-12(23)21(13(2)28)15-5-8-18-17(10-15)24-11-20-26-25-19(27(18)20)9-14-3-6-16(22)7-4-14/h3-8,10-11,23,28H,9H2,1-2H3/b21-13+,23-12?. The summed E-state index contributed by atoms with van der Waals surface area (Å²) in [6.45, 7) is 3.20. The molecule has 0 aliphatic heterocycles. The summed E-state index contributed by atoms with van der Waals surface area (Å²) < 4.78 is 15.1. The number of aromatic nitrogens is 4. The number of hydrogen-bond acceptors (Lipinski definition) is 5. The Balaban J connectivity index is 1.85. The zero-order valence-electron chi connectivity index (χ0n) is 15.4. The van der Waals surface area contributed by atoms with Gasteiger partial charge in [-0.1, -0.05) is 18.2 Å². The normalized spacial score (nSPS) is 12.4. The lowest BCUT2D eigenvalue weighted by atomic mass is 10.00. The fourth-order valence-electron chi connectivity index (χ4n) is 3.37. The quantitative estimate of drug-likeness (QED) is 0.410. The molecule has 140 valence electrons. The number of benzene rings is 2. The van der Waals surface area contributed by atoms with Gasteiger partial charge in [0.25, 0.3) is 0 Å². The van der Waals surface area contributed by atoms with Crippen LogP contribution in [0.4, 0.5) is 4.39 Å². The highest BCUT2D eigenvalue weighted by atomic mass is 19.1. The van der Waals surface area contributed by atoms with Crippen LogP contribution in [-0.4, -0.2) is 30.4 Å². The predicted octanol–water partition coefficient (Wildman–Crippen LogP) is 4.34. The second kappa shape index (κ2) is 6.84. The van der Waals surface area contributed by atoms with E-state index in [-0.39, 0.29) is 17.3 Å². The highest BCUT2D eigenvalue weighted by Crippen LogP contribution is 2.24. The highest BCUT2D eigenvalue weighted by molar-refractivity contribution is 6.22. The Bertz CT molecular complexity index is 1240. The summed E-state index contributed by atoms with van der Waals surface area (Å²) in [5.41, 5.74) is 4.56. The average Bonchev–Trinajstić information content (AvgIpc) is 3.06. The SMILES string of the molecule is CC(=N)/C(=C(/C)O)c1ccc2c(c1)ncc1nnc(Cc3ccc(F)cc3)n12. The number of nitrogens with zero attached hydrogens (tertiary/aromatic N) is 4. The molecule has 7 heteroatoms. The first-order chi connectivity index (χ1) is 13.4. The fraction of sp³-hybridized carbons (Fsp3) is 0.143. The van der Waals surface area contributed by atoms with Gasteiger partial charge in [0.2, 0.25) is 0 Å². The summed E-state index contributed by atoms with van der Waals surface area (Å²) in [6, 6.07) is 11.9. The number of nitrogens with one attached hydrogen (secondary N) is 1. The van der Waals surface area contributed by atoms with Gasteiger partial charge in [-0.15, -0.1) is 10.2 Å². The zero-order valence-corrected chi connectivity index (χ0v) is 15.4. The van der Waals surface area contributed by atoms with Crippen LogP contribution in [0.2, 0.25) is 0 Å². The molecule has 0 fully saturated rings. The Hall–Kier alpha value is -3.61. The van der Waals surface area contributed by atoms with Gasteiger partial charge in [-0.3, -0.25) is 9.38 Å². The molecule has 2 aromatic carbocycles. The van der Waals surface area contributed by atoms with Gasteiger partial charge in [-0.2, -0.15) is 0 Å². The van der Waals surface area contributed by atoms with E-state index in [4.69, 9.17) is 5.41 Å². The molecular weight excluding hydrogens is 357 g/mol. The van der Waals surface area contributed by atoms with Crippen LogP contribution in [0.25, 0.3) is 22.3 Å². The van der Waals surface area contributed by atoms with Crippen LogP contribution in [0.3, 0.4) is 0 Å². The van der Waals surface area contributed by atoms with Crippen molar-refractivity contribution in [1.82, 2.24) is 19.6 Å². The summed E-state index contributed by atoms with van der Waals surface area (Å²) in [4.78, 5) is 4.46. The van der Waals surface area contributed by atoms with Crippen molar-refractivity contribution in [3.05, 3.63) is 77.2 Å². The van der Waals surface area contributed by atoms with E-state index in [1.54, 1.807) is 32.2 Å². The van der Waals surface area contributed by atoms with E-state index in [9.17, 15) is 9.50 Å². The lowest BCUT2D eigenvalue weighted by Gasteiger charge is -2.10. The van der Waals surface area contributed by atoms with Crippen molar-refractivity contribution in [3.63, 3.8) is 0 Å². The van der Waals surface area contributed by atoms with Crippen molar-refractivity contribution in [3.8, 4) is 0 Å².